The van der Waals surface area contributed by atoms with Crippen LogP contribution in [0.1, 0.15) is 52.8 Å². The van der Waals surface area contributed by atoms with Crippen LogP contribution in [0.25, 0.3) is 11.1 Å². The summed E-state index contributed by atoms with van der Waals surface area (Å²) in [6.07, 6.45) is 7.67. The smallest absolute Gasteiger partial charge is 0.302 e. The number of hydrogen-bond donors (Lipinski definition) is 2. The van der Waals surface area contributed by atoms with Gasteiger partial charge in [0.1, 0.15) is 23.8 Å². The van der Waals surface area contributed by atoms with Crippen LogP contribution in [0.2, 0.25) is 0 Å². The molecule has 0 unspecified atom stereocenters. The second kappa shape index (κ2) is 10.8. The van der Waals surface area contributed by atoms with Crippen molar-refractivity contribution in [3.8, 4) is 11.1 Å². The molecule has 6 heterocycles. The monoisotopic (exact) mass is 582 g/mol. The quantitative estimate of drug-likeness (QED) is 0.332. The van der Waals surface area contributed by atoms with E-state index in [0.717, 1.165) is 44.5 Å². The minimum Gasteiger partial charge on any atom is -0.461 e. The lowest BCUT2D eigenvalue weighted by Gasteiger charge is -2.31. The Morgan fingerprint density at radius 2 is 1.98 bits per heavy atom. The molecule has 0 radical (unpaired) electrons. The molecule has 4 aromatic rings. The zero-order chi connectivity index (χ0) is 29.7. The number of nitrogens with one attached hydrogen (secondary N) is 2. The number of fused-ring (bicyclic) bond motifs is 4. The molecule has 1 amide bonds. The molecule has 12 heteroatoms. The van der Waals surface area contributed by atoms with Gasteiger partial charge in [-0.3, -0.25) is 24.0 Å². The van der Waals surface area contributed by atoms with Gasteiger partial charge >= 0.3 is 5.97 Å². The van der Waals surface area contributed by atoms with E-state index in [4.69, 9.17) is 4.74 Å². The maximum absolute atomic E-state index is 13.9. The first-order valence-electron chi connectivity index (χ1n) is 14.8. The summed E-state index contributed by atoms with van der Waals surface area (Å²) < 4.78 is 11.1. The van der Waals surface area contributed by atoms with E-state index >= 15 is 0 Å². The van der Waals surface area contributed by atoms with Crippen LogP contribution in [-0.4, -0.2) is 48.9 Å². The van der Waals surface area contributed by atoms with Crippen molar-refractivity contribution in [2.75, 3.05) is 23.3 Å². The molecule has 43 heavy (non-hydrogen) atoms. The first kappa shape index (κ1) is 27.1. The molecule has 2 N–H and O–H groups in total. The lowest BCUT2D eigenvalue weighted by atomic mass is 9.98. The van der Waals surface area contributed by atoms with Gasteiger partial charge in [0.2, 0.25) is 0 Å². The highest BCUT2D eigenvalue weighted by molar-refractivity contribution is 6.06. The van der Waals surface area contributed by atoms with Crippen LogP contribution in [-0.2, 0) is 55.7 Å². The summed E-state index contributed by atoms with van der Waals surface area (Å²) in [6, 6.07) is 7.56. The summed E-state index contributed by atoms with van der Waals surface area (Å²) in [6.45, 7) is 4.73. The Hall–Kier alpha value is -4.71. The lowest BCUT2D eigenvalue weighted by molar-refractivity contribution is -0.142. The Morgan fingerprint density at radius 1 is 1.12 bits per heavy atom. The van der Waals surface area contributed by atoms with Crippen LogP contribution < -0.4 is 21.1 Å². The van der Waals surface area contributed by atoms with Gasteiger partial charge in [-0.05, 0) is 55.0 Å². The molecular weight excluding hydrogens is 548 g/mol. The van der Waals surface area contributed by atoms with Crippen molar-refractivity contribution in [3.63, 3.8) is 0 Å². The number of esters is 1. The molecule has 0 fully saturated rings. The summed E-state index contributed by atoms with van der Waals surface area (Å²) in [5, 5.41) is 11.1. The number of rotatable bonds is 6. The number of ether oxygens (including phenoxy) is 1. The molecule has 0 saturated heterocycles. The zero-order valence-electron chi connectivity index (χ0n) is 24.4. The van der Waals surface area contributed by atoms with Gasteiger partial charge in [-0.1, -0.05) is 0 Å². The summed E-state index contributed by atoms with van der Waals surface area (Å²) in [7, 11) is 1.69. The van der Waals surface area contributed by atoms with Crippen molar-refractivity contribution < 1.29 is 14.3 Å². The summed E-state index contributed by atoms with van der Waals surface area (Å²) in [5.74, 6) is 0.490. The van der Waals surface area contributed by atoms with E-state index in [1.54, 1.807) is 30.4 Å². The number of hydrogen-bond acceptors (Lipinski definition) is 8. The van der Waals surface area contributed by atoms with Gasteiger partial charge in [-0.2, -0.15) is 5.10 Å². The van der Waals surface area contributed by atoms with Crippen molar-refractivity contribution in [2.45, 2.75) is 58.8 Å². The second-order valence-corrected chi connectivity index (χ2v) is 11.4. The molecule has 2 aliphatic heterocycles. The topological polar surface area (TPSA) is 128 Å². The third kappa shape index (κ3) is 4.91. The average molecular weight is 583 g/mol. The van der Waals surface area contributed by atoms with E-state index in [2.05, 4.69) is 25.3 Å². The van der Waals surface area contributed by atoms with E-state index in [-0.39, 0.29) is 18.1 Å². The molecular formula is C31H34N8O4. The average Bonchev–Trinajstić information content (AvgIpc) is 3.60. The molecule has 222 valence electrons. The third-order valence-corrected chi connectivity index (χ3v) is 8.55. The number of nitrogens with zero attached hydrogens (tertiary/aromatic N) is 6. The molecule has 0 atom stereocenters. The van der Waals surface area contributed by atoms with Crippen molar-refractivity contribution in [2.24, 2.45) is 7.05 Å². The first-order valence-corrected chi connectivity index (χ1v) is 14.8. The van der Waals surface area contributed by atoms with E-state index in [9.17, 15) is 14.4 Å². The lowest BCUT2D eigenvalue weighted by Crippen LogP contribution is -2.41. The molecule has 0 saturated carbocycles. The maximum Gasteiger partial charge on any atom is 0.302 e. The number of carbonyl (C=O) groups is 2. The maximum atomic E-state index is 13.9. The number of pyridine rings is 2. The summed E-state index contributed by atoms with van der Waals surface area (Å²) in [4.78, 5) is 45.3. The number of amides is 1. The predicted molar refractivity (Wildman–Crippen MR) is 160 cm³/mol. The van der Waals surface area contributed by atoms with Gasteiger partial charge in [0.15, 0.2) is 5.82 Å². The fourth-order valence-corrected chi connectivity index (χ4v) is 6.48. The minimum atomic E-state index is -0.437. The van der Waals surface area contributed by atoms with Crippen molar-refractivity contribution in [3.05, 3.63) is 75.2 Å². The Bertz CT molecular complexity index is 1790. The van der Waals surface area contributed by atoms with Gasteiger partial charge in [0.05, 0.1) is 12.2 Å². The van der Waals surface area contributed by atoms with Crippen molar-refractivity contribution in [1.82, 2.24) is 29.2 Å². The van der Waals surface area contributed by atoms with Crippen LogP contribution in [0, 0.1) is 0 Å². The van der Waals surface area contributed by atoms with Gasteiger partial charge < -0.3 is 24.5 Å². The van der Waals surface area contributed by atoms with Crippen LogP contribution in [0.3, 0.4) is 0 Å². The van der Waals surface area contributed by atoms with Crippen LogP contribution in [0.15, 0.2) is 41.5 Å². The van der Waals surface area contributed by atoms with Crippen LogP contribution in [0.4, 0.5) is 17.3 Å². The van der Waals surface area contributed by atoms with E-state index in [1.807, 2.05) is 22.9 Å². The zero-order valence-corrected chi connectivity index (χ0v) is 24.4. The number of aromatic nitrogens is 5. The Balaban J connectivity index is 1.28. The van der Waals surface area contributed by atoms with Gasteiger partial charge in [0.25, 0.3) is 11.5 Å². The summed E-state index contributed by atoms with van der Waals surface area (Å²) in [5.41, 5.74) is 6.43. The van der Waals surface area contributed by atoms with Crippen molar-refractivity contribution in [1.29, 1.82) is 0 Å². The highest BCUT2D eigenvalue weighted by atomic mass is 16.5. The SMILES string of the molecule is CC(=O)OCc1c(-c2cc(Nc3cc4n(n3)CCNC4)c(=O)n(C)c2)ccnc1N1CCn2c(cc3c2CCCC3)C1=O. The van der Waals surface area contributed by atoms with Gasteiger partial charge in [0, 0.05) is 75.4 Å². The van der Waals surface area contributed by atoms with E-state index in [0.29, 0.717) is 59.3 Å². The van der Waals surface area contributed by atoms with Crippen LogP contribution >= 0.6 is 0 Å². The number of aryl methyl sites for hydroxylation is 2. The first-order chi connectivity index (χ1) is 20.9. The highest BCUT2D eigenvalue weighted by Crippen LogP contribution is 2.35. The summed E-state index contributed by atoms with van der Waals surface area (Å²) >= 11 is 0. The fourth-order valence-electron chi connectivity index (χ4n) is 6.48. The van der Waals surface area contributed by atoms with E-state index in [1.165, 1.54) is 22.7 Å². The third-order valence-electron chi connectivity index (χ3n) is 8.55. The number of carbonyl (C=O) groups excluding carboxylic acids is 2. The van der Waals surface area contributed by atoms with Crippen LogP contribution in [0.5, 0.6) is 0 Å². The highest BCUT2D eigenvalue weighted by Gasteiger charge is 2.32. The molecule has 12 nitrogen and oxygen atoms in total. The Kier molecular flexibility index (Phi) is 6.85. The molecule has 7 rings (SSSR count). The molecule has 4 aromatic heterocycles. The number of anilines is 3. The van der Waals surface area contributed by atoms with Gasteiger partial charge in [-0.25, -0.2) is 4.98 Å². The molecule has 1 aliphatic carbocycles. The standard InChI is InChI=1S/C31H34N8O4/c1-19(40)43-18-24-23(21-13-25(30(41)36(2)17-21)34-28-15-22-16-32-9-10-39(22)35-28)7-8-33-29(24)38-12-11-37-26-6-4-3-5-20(26)14-27(37)31(38)42/h7-8,13-15,17,32H,3-6,9-12,16,18H2,1-2H3,(H,34,35). The molecule has 0 aromatic carbocycles. The normalized spacial score (nSPS) is 16.0. The largest absolute Gasteiger partial charge is 0.461 e. The second-order valence-electron chi connectivity index (χ2n) is 11.4. The Morgan fingerprint density at radius 3 is 2.81 bits per heavy atom. The molecule has 0 spiro atoms. The predicted octanol–water partition coefficient (Wildman–Crippen LogP) is 2.89. The molecule has 3 aliphatic rings. The van der Waals surface area contributed by atoms with E-state index < -0.39 is 5.97 Å². The van der Waals surface area contributed by atoms with Crippen molar-refractivity contribution >= 4 is 29.2 Å². The fraction of sp³-hybridized carbons (Fsp3) is 0.387. The Labute approximate surface area is 248 Å². The molecule has 0 bridgehead atoms. The minimum absolute atomic E-state index is 0.0680. The van der Waals surface area contributed by atoms with Gasteiger partial charge in [-0.15, -0.1) is 0 Å².